The number of hydrogen-bond donors (Lipinski definition) is 0. The largest absolute Gasteiger partial charge is 0.270 e. The SMILES string of the molecule is CC(C)(C)C(Br)Cc1ccc([N+](=O)[O-])cc1Cl. The molecule has 0 heterocycles. The number of nitro benzene ring substituents is 1. The molecule has 0 fully saturated rings. The van der Waals surface area contributed by atoms with Crippen LogP contribution < -0.4 is 0 Å². The highest BCUT2D eigenvalue weighted by molar-refractivity contribution is 9.09. The van der Waals surface area contributed by atoms with E-state index in [4.69, 9.17) is 11.6 Å². The Morgan fingerprint density at radius 2 is 2.06 bits per heavy atom. The Labute approximate surface area is 114 Å². The Kier molecular flexibility index (Phi) is 4.55. The Morgan fingerprint density at radius 1 is 1.47 bits per heavy atom. The predicted octanol–water partition coefficient (Wildman–Crippen LogP) is 4.60. The van der Waals surface area contributed by atoms with Gasteiger partial charge in [-0.25, -0.2) is 0 Å². The van der Waals surface area contributed by atoms with E-state index < -0.39 is 4.92 Å². The lowest BCUT2D eigenvalue weighted by Crippen LogP contribution is -2.22. The lowest BCUT2D eigenvalue weighted by molar-refractivity contribution is -0.384. The zero-order valence-corrected chi connectivity index (χ0v) is 12.4. The van der Waals surface area contributed by atoms with Crippen molar-refractivity contribution in [2.24, 2.45) is 5.41 Å². The second-order valence-corrected chi connectivity index (χ2v) is 6.58. The van der Waals surface area contributed by atoms with Gasteiger partial charge in [0.1, 0.15) is 0 Å². The maximum Gasteiger partial charge on any atom is 0.270 e. The molecule has 0 amide bonds. The average molecular weight is 321 g/mol. The molecular weight excluding hydrogens is 305 g/mol. The van der Waals surface area contributed by atoms with E-state index in [9.17, 15) is 10.1 Å². The van der Waals surface area contributed by atoms with Gasteiger partial charge in [-0.1, -0.05) is 54.4 Å². The minimum Gasteiger partial charge on any atom is -0.258 e. The third-order valence-electron chi connectivity index (χ3n) is 2.59. The molecule has 5 heteroatoms. The Hall–Kier alpha value is -0.610. The molecule has 1 unspecified atom stereocenters. The van der Waals surface area contributed by atoms with Gasteiger partial charge in [-0.3, -0.25) is 10.1 Å². The first-order valence-corrected chi connectivity index (χ1v) is 6.58. The fourth-order valence-corrected chi connectivity index (χ4v) is 1.92. The molecule has 0 saturated carbocycles. The highest BCUT2D eigenvalue weighted by atomic mass is 79.9. The molecule has 0 aliphatic rings. The summed E-state index contributed by atoms with van der Waals surface area (Å²) in [6, 6.07) is 4.61. The van der Waals surface area contributed by atoms with E-state index in [1.807, 2.05) is 0 Å². The fraction of sp³-hybridized carbons (Fsp3) is 0.500. The number of rotatable bonds is 3. The lowest BCUT2D eigenvalue weighted by Gasteiger charge is -2.25. The van der Waals surface area contributed by atoms with Crippen LogP contribution in [0.3, 0.4) is 0 Å². The monoisotopic (exact) mass is 319 g/mol. The zero-order valence-electron chi connectivity index (χ0n) is 10.0. The van der Waals surface area contributed by atoms with Crippen LogP contribution in [0.15, 0.2) is 18.2 Å². The maximum atomic E-state index is 10.6. The van der Waals surface area contributed by atoms with Gasteiger partial charge in [0.15, 0.2) is 0 Å². The highest BCUT2D eigenvalue weighted by Gasteiger charge is 2.23. The molecule has 0 spiro atoms. The van der Waals surface area contributed by atoms with Crippen molar-refractivity contribution in [3.8, 4) is 0 Å². The molecule has 3 nitrogen and oxygen atoms in total. The average Bonchev–Trinajstić information content (AvgIpc) is 2.19. The number of non-ortho nitro benzene ring substituents is 1. The van der Waals surface area contributed by atoms with Crippen LogP contribution in [0.1, 0.15) is 26.3 Å². The Bertz CT molecular complexity index is 429. The predicted molar refractivity (Wildman–Crippen MR) is 74.0 cm³/mol. The molecule has 1 rings (SSSR count). The van der Waals surface area contributed by atoms with Crippen LogP contribution in [0.2, 0.25) is 5.02 Å². The topological polar surface area (TPSA) is 43.1 Å². The molecule has 17 heavy (non-hydrogen) atoms. The summed E-state index contributed by atoms with van der Waals surface area (Å²) in [6.45, 7) is 6.39. The van der Waals surface area contributed by atoms with Crippen molar-refractivity contribution in [3.63, 3.8) is 0 Å². The van der Waals surface area contributed by atoms with Gasteiger partial charge in [0.2, 0.25) is 0 Å². The van der Waals surface area contributed by atoms with Gasteiger partial charge in [0.25, 0.3) is 5.69 Å². The number of halogens is 2. The molecule has 0 aliphatic carbocycles. The van der Waals surface area contributed by atoms with Crippen LogP contribution in [0.5, 0.6) is 0 Å². The summed E-state index contributed by atoms with van der Waals surface area (Å²) in [7, 11) is 0. The van der Waals surface area contributed by atoms with Gasteiger partial charge in [-0.2, -0.15) is 0 Å². The van der Waals surface area contributed by atoms with E-state index in [-0.39, 0.29) is 15.9 Å². The number of nitrogens with zero attached hydrogens (tertiary/aromatic N) is 1. The minimum atomic E-state index is -0.439. The number of alkyl halides is 1. The second kappa shape index (κ2) is 5.36. The van der Waals surface area contributed by atoms with Crippen molar-refractivity contribution in [1.29, 1.82) is 0 Å². The van der Waals surface area contributed by atoms with Crippen LogP contribution in [-0.4, -0.2) is 9.75 Å². The number of benzene rings is 1. The van der Waals surface area contributed by atoms with Crippen LogP contribution in [-0.2, 0) is 6.42 Å². The first-order valence-electron chi connectivity index (χ1n) is 5.28. The van der Waals surface area contributed by atoms with E-state index in [1.165, 1.54) is 12.1 Å². The number of hydrogen-bond acceptors (Lipinski definition) is 2. The quantitative estimate of drug-likeness (QED) is 0.464. The van der Waals surface area contributed by atoms with E-state index in [1.54, 1.807) is 6.07 Å². The highest BCUT2D eigenvalue weighted by Crippen LogP contribution is 2.32. The van der Waals surface area contributed by atoms with Crippen molar-refractivity contribution in [3.05, 3.63) is 38.9 Å². The third-order valence-corrected chi connectivity index (χ3v) is 4.64. The fourth-order valence-electron chi connectivity index (χ4n) is 1.31. The van der Waals surface area contributed by atoms with Crippen molar-refractivity contribution < 1.29 is 4.92 Å². The molecule has 0 saturated heterocycles. The second-order valence-electron chi connectivity index (χ2n) is 5.07. The standard InChI is InChI=1S/C12H15BrClNO2/c1-12(2,3)11(13)6-8-4-5-9(15(16)17)7-10(8)14/h4-5,7,11H,6H2,1-3H3. The van der Waals surface area contributed by atoms with Crippen LogP contribution >= 0.6 is 27.5 Å². The smallest absolute Gasteiger partial charge is 0.258 e. The van der Waals surface area contributed by atoms with E-state index in [2.05, 4.69) is 36.7 Å². The first-order chi connectivity index (χ1) is 7.71. The summed E-state index contributed by atoms with van der Waals surface area (Å²) >= 11 is 9.67. The molecule has 1 atom stereocenters. The normalized spacial score (nSPS) is 13.5. The van der Waals surface area contributed by atoms with Crippen LogP contribution in [0, 0.1) is 15.5 Å². The minimum absolute atomic E-state index is 0.0284. The van der Waals surface area contributed by atoms with Crippen molar-refractivity contribution in [2.45, 2.75) is 32.0 Å². The van der Waals surface area contributed by atoms with Gasteiger partial charge in [-0.15, -0.1) is 0 Å². The Balaban J connectivity index is 2.90. The molecular formula is C12H15BrClNO2. The summed E-state index contributed by atoms with van der Waals surface area (Å²) in [5.74, 6) is 0. The van der Waals surface area contributed by atoms with Crippen LogP contribution in [0.4, 0.5) is 5.69 Å². The molecule has 0 aliphatic heterocycles. The van der Waals surface area contributed by atoms with Gasteiger partial charge in [0, 0.05) is 17.0 Å². The summed E-state index contributed by atoms with van der Waals surface area (Å²) < 4.78 is 0. The molecule has 94 valence electrons. The summed E-state index contributed by atoms with van der Waals surface area (Å²) in [5.41, 5.74) is 1.07. The van der Waals surface area contributed by atoms with E-state index >= 15 is 0 Å². The van der Waals surface area contributed by atoms with E-state index in [0.29, 0.717) is 5.02 Å². The molecule has 0 N–H and O–H groups in total. The maximum absolute atomic E-state index is 10.6. The zero-order chi connectivity index (χ0) is 13.2. The summed E-state index contributed by atoms with van der Waals surface area (Å²) in [5, 5.41) is 11.0. The summed E-state index contributed by atoms with van der Waals surface area (Å²) in [6.07, 6.45) is 0.750. The molecule has 0 radical (unpaired) electrons. The van der Waals surface area contributed by atoms with Crippen molar-refractivity contribution in [2.75, 3.05) is 0 Å². The molecule has 0 bridgehead atoms. The van der Waals surface area contributed by atoms with Gasteiger partial charge in [-0.05, 0) is 17.4 Å². The summed E-state index contributed by atoms with van der Waals surface area (Å²) in [4.78, 5) is 10.4. The lowest BCUT2D eigenvalue weighted by atomic mass is 9.88. The van der Waals surface area contributed by atoms with E-state index in [0.717, 1.165) is 12.0 Å². The molecule has 0 aromatic heterocycles. The molecule has 1 aromatic carbocycles. The van der Waals surface area contributed by atoms with Gasteiger partial charge < -0.3 is 0 Å². The van der Waals surface area contributed by atoms with Crippen molar-refractivity contribution in [1.82, 2.24) is 0 Å². The first kappa shape index (κ1) is 14.5. The van der Waals surface area contributed by atoms with Gasteiger partial charge >= 0.3 is 0 Å². The van der Waals surface area contributed by atoms with Crippen LogP contribution in [0.25, 0.3) is 0 Å². The Morgan fingerprint density at radius 3 is 2.47 bits per heavy atom. The third kappa shape index (κ3) is 3.96. The van der Waals surface area contributed by atoms with Gasteiger partial charge in [0.05, 0.1) is 9.95 Å². The van der Waals surface area contributed by atoms with Crippen molar-refractivity contribution >= 4 is 33.2 Å². The number of nitro groups is 1. The molecule has 1 aromatic rings.